The molecule has 0 radical (unpaired) electrons. The van der Waals surface area contributed by atoms with Crippen LogP contribution < -0.4 is 0 Å². The van der Waals surface area contributed by atoms with E-state index in [1.54, 1.807) is 31.2 Å². The molecule has 0 saturated heterocycles. The summed E-state index contributed by atoms with van der Waals surface area (Å²) < 4.78 is 2.15. The smallest absolute Gasteiger partial charge is 0.209 e. The first kappa shape index (κ1) is 55.5. The zero-order valence-electron chi connectivity index (χ0n) is 44.8. The van der Waals surface area contributed by atoms with E-state index in [1.807, 2.05) is 121 Å². The maximum Gasteiger partial charge on any atom is 0.209 e. The van der Waals surface area contributed by atoms with Crippen molar-refractivity contribution < 1.29 is 19.2 Å². The van der Waals surface area contributed by atoms with E-state index in [0.29, 0.717) is 45.0 Å². The largest absolute Gasteiger partial charge is 0.355 e. The molecule has 0 saturated carbocycles. The standard InChI is InChI=1S/C35H29IN2O2.C34H27IN2O2/c1-5-6-24-7-9-25(10-8-24)34(39)30-17-15-28(37-30)33(32-22(3)19-21(2)20-23(32)4)29-16-18-31(38-29)35(40)26-11-13-27(36)14-12-26;1-5-23-6-8-24(9-7-23)33(38)29-16-14-27(36-29)32(31-21(3)18-20(2)19-22(31)4)28-15-17-30(37-28)34(39)25-10-12-26(35)13-11-25/h7-20,33,37-38H,1-4H3;1,6-19,32,36-37H,2-4H3. The van der Waals surface area contributed by atoms with E-state index in [0.717, 1.165) is 74.4 Å². The number of carbonyl (C=O) groups is 4. The lowest BCUT2D eigenvalue weighted by Crippen LogP contribution is -2.11. The molecule has 390 valence electrons. The van der Waals surface area contributed by atoms with Crippen molar-refractivity contribution in [1.29, 1.82) is 0 Å². The van der Waals surface area contributed by atoms with E-state index in [-0.39, 0.29) is 35.0 Å². The van der Waals surface area contributed by atoms with Crippen molar-refractivity contribution in [2.24, 2.45) is 0 Å². The van der Waals surface area contributed by atoms with E-state index in [1.165, 1.54) is 11.1 Å². The number of terminal acetylenes is 1. The molecule has 10 rings (SSSR count). The molecule has 10 aromatic rings. The second-order valence-corrected chi connectivity index (χ2v) is 22.3. The summed E-state index contributed by atoms with van der Waals surface area (Å²) in [7, 11) is 0. The van der Waals surface area contributed by atoms with Crippen LogP contribution in [0.5, 0.6) is 0 Å². The third kappa shape index (κ3) is 12.4. The van der Waals surface area contributed by atoms with E-state index >= 15 is 0 Å². The summed E-state index contributed by atoms with van der Waals surface area (Å²) in [5, 5.41) is 0. The van der Waals surface area contributed by atoms with E-state index in [2.05, 4.69) is 149 Å². The topological polar surface area (TPSA) is 131 Å². The van der Waals surface area contributed by atoms with Crippen LogP contribution in [-0.2, 0) is 0 Å². The minimum absolute atomic E-state index is 0.0580. The fourth-order valence-corrected chi connectivity index (χ4v) is 11.2. The van der Waals surface area contributed by atoms with Crippen LogP contribution in [0.15, 0.2) is 170 Å². The summed E-state index contributed by atoms with van der Waals surface area (Å²) >= 11 is 4.46. The number of carbonyl (C=O) groups excluding carboxylic acids is 4. The second-order valence-electron chi connectivity index (χ2n) is 19.8. The van der Waals surface area contributed by atoms with Gasteiger partial charge in [-0.3, -0.25) is 19.2 Å². The molecule has 2 unspecified atom stereocenters. The molecule has 0 spiro atoms. The highest BCUT2D eigenvalue weighted by molar-refractivity contribution is 14.1. The Morgan fingerprint density at radius 2 is 0.658 bits per heavy atom. The third-order valence-corrected chi connectivity index (χ3v) is 15.5. The van der Waals surface area contributed by atoms with Gasteiger partial charge < -0.3 is 19.9 Å². The molecular weight excluding hydrogens is 1200 g/mol. The van der Waals surface area contributed by atoms with Gasteiger partial charge in [0.05, 0.1) is 34.6 Å². The number of hydrogen-bond acceptors (Lipinski definition) is 4. The summed E-state index contributed by atoms with van der Waals surface area (Å²) in [5.41, 5.74) is 18.8. The molecule has 6 aromatic carbocycles. The number of hydrogen-bond donors (Lipinski definition) is 4. The zero-order valence-corrected chi connectivity index (χ0v) is 49.1. The molecule has 0 aliphatic heterocycles. The van der Waals surface area contributed by atoms with Crippen LogP contribution in [-0.4, -0.2) is 43.1 Å². The Morgan fingerprint density at radius 3 is 0.924 bits per heavy atom. The predicted octanol–water partition coefficient (Wildman–Crippen LogP) is 15.4. The lowest BCUT2D eigenvalue weighted by Gasteiger charge is -2.21. The molecule has 4 aromatic heterocycles. The summed E-state index contributed by atoms with van der Waals surface area (Å²) in [5.74, 6) is 7.70. The first-order valence-electron chi connectivity index (χ1n) is 25.7. The van der Waals surface area contributed by atoms with Crippen LogP contribution in [0.2, 0.25) is 0 Å². The number of aryl methyl sites for hydroxylation is 6. The van der Waals surface area contributed by atoms with Gasteiger partial charge in [-0.25, -0.2) is 0 Å². The highest BCUT2D eigenvalue weighted by Gasteiger charge is 2.28. The highest BCUT2D eigenvalue weighted by Crippen LogP contribution is 2.38. The maximum atomic E-state index is 13.4. The van der Waals surface area contributed by atoms with E-state index in [9.17, 15) is 19.2 Å². The van der Waals surface area contributed by atoms with Crippen molar-refractivity contribution in [2.75, 3.05) is 0 Å². The zero-order chi connectivity index (χ0) is 56.1. The molecule has 0 bridgehead atoms. The Balaban J connectivity index is 0.000000192. The van der Waals surface area contributed by atoms with Gasteiger partial charge in [0.1, 0.15) is 0 Å². The minimum Gasteiger partial charge on any atom is -0.355 e. The molecule has 2 atom stereocenters. The van der Waals surface area contributed by atoms with Crippen LogP contribution in [0.25, 0.3) is 0 Å². The number of aromatic amines is 4. The molecule has 0 amide bonds. The number of H-pyrrole nitrogens is 4. The predicted molar refractivity (Wildman–Crippen MR) is 332 cm³/mol. The van der Waals surface area contributed by atoms with Gasteiger partial charge >= 0.3 is 0 Å². The van der Waals surface area contributed by atoms with Crippen LogP contribution in [0.4, 0.5) is 0 Å². The lowest BCUT2D eigenvalue weighted by atomic mass is 9.85. The third-order valence-electron chi connectivity index (χ3n) is 14.1. The Hall–Kier alpha value is -8.30. The van der Waals surface area contributed by atoms with E-state index < -0.39 is 0 Å². The number of ketones is 4. The number of aromatic nitrogens is 4. The molecule has 10 heteroatoms. The quantitative estimate of drug-likeness (QED) is 0.0490. The monoisotopic (exact) mass is 1260 g/mol. The molecule has 0 aliphatic rings. The average Bonchev–Trinajstić information content (AvgIpc) is 4.44. The van der Waals surface area contributed by atoms with Gasteiger partial charge in [0.2, 0.25) is 23.1 Å². The minimum atomic E-state index is -0.228. The second kappa shape index (κ2) is 24.2. The Morgan fingerprint density at radius 1 is 0.392 bits per heavy atom. The van der Waals surface area contributed by atoms with Crippen LogP contribution in [0.1, 0.15) is 161 Å². The molecule has 4 N–H and O–H groups in total. The fraction of sp³-hybridized carbons (Fsp3) is 0.130. The summed E-state index contributed by atoms with van der Waals surface area (Å²) in [6.45, 7) is 14.4. The van der Waals surface area contributed by atoms with Crippen molar-refractivity contribution in [3.05, 3.63) is 300 Å². The molecule has 0 fully saturated rings. The summed E-state index contributed by atoms with van der Waals surface area (Å²) in [6.07, 6.45) is 5.46. The van der Waals surface area contributed by atoms with Gasteiger partial charge in [0.15, 0.2) is 0 Å². The van der Waals surface area contributed by atoms with Crippen LogP contribution in [0.3, 0.4) is 0 Å². The van der Waals surface area contributed by atoms with Crippen molar-refractivity contribution >= 4 is 68.3 Å². The van der Waals surface area contributed by atoms with Crippen LogP contribution >= 0.6 is 45.2 Å². The maximum absolute atomic E-state index is 13.4. The number of nitrogens with one attached hydrogen (secondary N) is 4. The molecule has 4 heterocycles. The molecular formula is C69H56I2N4O4. The van der Waals surface area contributed by atoms with Crippen molar-refractivity contribution in [1.82, 2.24) is 19.9 Å². The van der Waals surface area contributed by atoms with Crippen molar-refractivity contribution in [3.8, 4) is 24.2 Å². The van der Waals surface area contributed by atoms with Gasteiger partial charge in [0, 0.05) is 63.3 Å². The summed E-state index contributed by atoms with van der Waals surface area (Å²) in [4.78, 5) is 66.7. The lowest BCUT2D eigenvalue weighted by molar-refractivity contribution is 0.102. The number of benzene rings is 6. The van der Waals surface area contributed by atoms with Crippen LogP contribution in [0, 0.1) is 72.9 Å². The van der Waals surface area contributed by atoms with Gasteiger partial charge in [-0.05, 0) is 273 Å². The number of rotatable bonds is 14. The average molecular weight is 1260 g/mol. The van der Waals surface area contributed by atoms with E-state index in [4.69, 9.17) is 6.42 Å². The SMILES string of the molecule is C#Cc1ccc(C(=O)c2ccc(C(c3ccc(C(=O)c4ccc(I)cc4)[nH]3)c3c(C)cc(C)cc3C)[nH]2)cc1.CC#Cc1ccc(C(=O)c2ccc(C(c3ccc(C(=O)c4ccc(I)cc4)[nH]3)c3c(C)cc(C)cc3C)[nH]2)cc1. The summed E-state index contributed by atoms with van der Waals surface area (Å²) in [6, 6.07) is 53.3. The molecule has 0 aliphatic carbocycles. The fourth-order valence-electron chi connectivity index (χ4n) is 10.5. The first-order chi connectivity index (χ1) is 38.0. The Bertz CT molecular complexity index is 3990. The van der Waals surface area contributed by atoms with Gasteiger partial charge in [0.25, 0.3) is 0 Å². The van der Waals surface area contributed by atoms with Gasteiger partial charge in [-0.2, -0.15) is 0 Å². The molecule has 79 heavy (non-hydrogen) atoms. The van der Waals surface area contributed by atoms with Crippen molar-refractivity contribution in [3.63, 3.8) is 0 Å². The van der Waals surface area contributed by atoms with Gasteiger partial charge in [-0.1, -0.05) is 47.2 Å². The highest BCUT2D eigenvalue weighted by atomic mass is 127. The van der Waals surface area contributed by atoms with Gasteiger partial charge in [-0.15, -0.1) is 12.3 Å². The number of halogens is 2. The first-order valence-corrected chi connectivity index (χ1v) is 27.9. The molecule has 8 nitrogen and oxygen atoms in total. The van der Waals surface area contributed by atoms with Crippen molar-refractivity contribution in [2.45, 2.75) is 60.3 Å². The normalized spacial score (nSPS) is 11.6. The Labute approximate surface area is 488 Å². The Kier molecular flexibility index (Phi) is 17.0.